The molecule has 23 heavy (non-hydrogen) atoms. The normalized spacial score (nSPS) is 12.8. The fraction of sp³-hybridized carbons (Fsp3) is 0.263. The van der Waals surface area contributed by atoms with E-state index in [-0.39, 0.29) is 51.0 Å². The molecule has 0 heterocycles. The Morgan fingerprint density at radius 3 is 1.74 bits per heavy atom. The second kappa shape index (κ2) is 18.2. The molecular weight excluding hydrogens is 418 g/mol. The van der Waals surface area contributed by atoms with Crippen LogP contribution in [0.15, 0.2) is 60.2 Å². The molecule has 0 N–H and O–H groups in total. The summed E-state index contributed by atoms with van der Waals surface area (Å²) in [7, 11) is 0.750. The van der Waals surface area contributed by atoms with Gasteiger partial charge in [-0.1, -0.05) is 44.6 Å². The fourth-order valence-electron chi connectivity index (χ4n) is 1.74. The molecule has 2 aliphatic carbocycles. The minimum absolute atomic E-state index is 0. The Kier molecular flexibility index (Phi) is 21.9. The average molecular weight is 442 g/mol. The summed E-state index contributed by atoms with van der Waals surface area (Å²) < 4.78 is 0. The van der Waals surface area contributed by atoms with Gasteiger partial charge in [0, 0.05) is 9.52 Å². The van der Waals surface area contributed by atoms with Gasteiger partial charge >= 0.3 is 26.2 Å². The monoisotopic (exact) mass is 439 g/mol. The van der Waals surface area contributed by atoms with Crippen LogP contribution in [0, 0.1) is 12.2 Å². The van der Waals surface area contributed by atoms with Gasteiger partial charge in [-0.2, -0.15) is 23.8 Å². The van der Waals surface area contributed by atoms with E-state index in [1.807, 2.05) is 6.07 Å². The smallest absolute Gasteiger partial charge is 1.00 e. The Morgan fingerprint density at radius 2 is 1.39 bits per heavy atom. The van der Waals surface area contributed by atoms with Crippen molar-refractivity contribution in [1.82, 2.24) is 0 Å². The first-order valence-electron chi connectivity index (χ1n) is 7.08. The van der Waals surface area contributed by atoms with Crippen LogP contribution in [0.3, 0.4) is 0 Å². The fourth-order valence-corrected chi connectivity index (χ4v) is 1.74. The average Bonchev–Trinajstić information content (AvgIpc) is 3.14. The maximum atomic E-state index is 3.28. The predicted octanol–water partition coefficient (Wildman–Crippen LogP) is -0.947. The van der Waals surface area contributed by atoms with Gasteiger partial charge in [-0.05, 0) is 0 Å². The first-order valence-corrected chi connectivity index (χ1v) is 9.39. The predicted molar refractivity (Wildman–Crippen MR) is 91.9 cm³/mol. The Labute approximate surface area is 176 Å². The van der Waals surface area contributed by atoms with Crippen molar-refractivity contribution in [3.05, 3.63) is 77.9 Å². The molecule has 0 atom stereocenters. The molecule has 0 aromatic heterocycles. The summed E-state index contributed by atoms with van der Waals surface area (Å²) in [6, 6.07) is 10.4. The molecule has 0 nitrogen and oxygen atoms in total. The Balaban J connectivity index is -0.000000291. The SMILES string of the molecule is CC1=[C-]CC=C1.C[SiH]C.[C-]1=C(c2ccccc2)C=CC1.[Cl-].[Cl-].[Zr+4]. The van der Waals surface area contributed by atoms with Gasteiger partial charge in [0.1, 0.15) is 0 Å². The molecule has 3 rings (SSSR count). The molecule has 2 aliphatic rings. The Morgan fingerprint density at radius 1 is 0.870 bits per heavy atom. The van der Waals surface area contributed by atoms with Crippen LogP contribution in [0.2, 0.25) is 13.1 Å². The van der Waals surface area contributed by atoms with Gasteiger partial charge in [0.15, 0.2) is 0 Å². The molecule has 0 saturated heterocycles. The molecule has 0 amide bonds. The summed E-state index contributed by atoms with van der Waals surface area (Å²) in [5.74, 6) is 0. The van der Waals surface area contributed by atoms with E-state index in [9.17, 15) is 0 Å². The third-order valence-electron chi connectivity index (χ3n) is 2.65. The van der Waals surface area contributed by atoms with Crippen LogP contribution in [-0.2, 0) is 26.2 Å². The number of allylic oxidation sites excluding steroid dienone is 8. The van der Waals surface area contributed by atoms with Crippen molar-refractivity contribution in [2.45, 2.75) is 32.9 Å². The molecule has 0 bridgehead atoms. The quantitative estimate of drug-likeness (QED) is 0.390. The summed E-state index contributed by atoms with van der Waals surface area (Å²) in [4.78, 5) is 0. The van der Waals surface area contributed by atoms with Crippen molar-refractivity contribution < 1.29 is 51.0 Å². The topological polar surface area (TPSA) is 0 Å². The maximum Gasteiger partial charge on any atom is 4.00 e. The molecule has 0 saturated carbocycles. The summed E-state index contributed by atoms with van der Waals surface area (Å²) in [5, 5.41) is 0. The van der Waals surface area contributed by atoms with E-state index in [1.165, 1.54) is 16.7 Å². The van der Waals surface area contributed by atoms with Crippen LogP contribution >= 0.6 is 0 Å². The van der Waals surface area contributed by atoms with E-state index in [0.29, 0.717) is 0 Å². The van der Waals surface area contributed by atoms with Crippen molar-refractivity contribution in [3.8, 4) is 0 Å². The second-order valence-corrected chi connectivity index (χ2v) is 5.76. The Hall–Kier alpha value is -0.140. The molecular formula is C19H23Cl2SiZr. The van der Waals surface area contributed by atoms with E-state index >= 15 is 0 Å². The molecule has 1 radical (unpaired) electrons. The molecule has 121 valence electrons. The first kappa shape index (κ1) is 27.7. The summed E-state index contributed by atoms with van der Waals surface area (Å²) in [6.07, 6.45) is 16.8. The van der Waals surface area contributed by atoms with Gasteiger partial charge in [0.25, 0.3) is 0 Å². The first-order chi connectivity index (χ1) is 9.77. The largest absolute Gasteiger partial charge is 4.00 e. The Bertz CT molecular complexity index is 503. The number of rotatable bonds is 1. The van der Waals surface area contributed by atoms with E-state index in [1.54, 1.807) is 0 Å². The zero-order valence-corrected chi connectivity index (χ0v) is 19.1. The van der Waals surface area contributed by atoms with E-state index in [4.69, 9.17) is 0 Å². The number of hydrogen-bond acceptors (Lipinski definition) is 0. The molecule has 0 aliphatic heterocycles. The number of benzene rings is 1. The van der Waals surface area contributed by atoms with Crippen molar-refractivity contribution in [1.29, 1.82) is 0 Å². The van der Waals surface area contributed by atoms with Gasteiger partial charge in [0.2, 0.25) is 0 Å². The zero-order chi connectivity index (χ0) is 14.6. The molecule has 0 unspecified atom stereocenters. The van der Waals surface area contributed by atoms with Crippen molar-refractivity contribution in [3.63, 3.8) is 0 Å². The van der Waals surface area contributed by atoms with E-state index in [2.05, 4.69) is 80.7 Å². The van der Waals surface area contributed by atoms with Gasteiger partial charge in [-0.15, -0.1) is 30.2 Å². The third kappa shape index (κ3) is 12.9. The van der Waals surface area contributed by atoms with Gasteiger partial charge in [-0.3, -0.25) is 6.08 Å². The standard InChI is InChI=1S/C11H9.C6H7.C2H7Si.2ClH.Zr/c1-2-6-10(7-3-1)11-8-4-5-9-11;1-6-4-2-3-5-6;1-3-2;;;/h1-4,6-8H,5H2;2,4H,3H2,1H3;3H,1-2H3;2*1H;/q2*-1;;;;+4/p-2. The van der Waals surface area contributed by atoms with Crippen LogP contribution in [0.4, 0.5) is 0 Å². The minimum Gasteiger partial charge on any atom is -1.00 e. The van der Waals surface area contributed by atoms with Gasteiger partial charge in [-0.25, -0.2) is 11.6 Å². The van der Waals surface area contributed by atoms with Crippen LogP contribution in [0.1, 0.15) is 25.3 Å². The van der Waals surface area contributed by atoms with Crippen LogP contribution in [0.25, 0.3) is 5.57 Å². The molecule has 1 aromatic carbocycles. The van der Waals surface area contributed by atoms with Gasteiger partial charge < -0.3 is 24.8 Å². The van der Waals surface area contributed by atoms with Crippen molar-refractivity contribution >= 4 is 15.1 Å². The van der Waals surface area contributed by atoms with Crippen LogP contribution in [0.5, 0.6) is 0 Å². The van der Waals surface area contributed by atoms with Crippen molar-refractivity contribution in [2.75, 3.05) is 0 Å². The van der Waals surface area contributed by atoms with E-state index in [0.717, 1.165) is 22.4 Å². The second-order valence-electron chi connectivity index (χ2n) is 4.61. The molecule has 0 fully saturated rings. The van der Waals surface area contributed by atoms with Crippen LogP contribution in [-0.4, -0.2) is 9.52 Å². The van der Waals surface area contributed by atoms with E-state index < -0.39 is 0 Å². The summed E-state index contributed by atoms with van der Waals surface area (Å²) >= 11 is 0. The van der Waals surface area contributed by atoms with Gasteiger partial charge in [0.05, 0.1) is 0 Å². The number of halogens is 2. The summed E-state index contributed by atoms with van der Waals surface area (Å²) in [6.45, 7) is 6.48. The zero-order valence-electron chi connectivity index (χ0n) is 13.9. The third-order valence-corrected chi connectivity index (χ3v) is 2.65. The number of hydrogen-bond donors (Lipinski definition) is 0. The molecule has 4 heteroatoms. The molecule has 0 spiro atoms. The summed E-state index contributed by atoms with van der Waals surface area (Å²) in [5.41, 5.74) is 3.77. The minimum atomic E-state index is 0. The maximum absolute atomic E-state index is 3.28. The van der Waals surface area contributed by atoms with Crippen LogP contribution < -0.4 is 24.8 Å². The van der Waals surface area contributed by atoms with Crippen molar-refractivity contribution in [2.24, 2.45) is 0 Å². The molecule has 1 aromatic rings.